The van der Waals surface area contributed by atoms with Crippen LogP contribution in [0.5, 0.6) is 5.88 Å². The summed E-state index contributed by atoms with van der Waals surface area (Å²) in [5.41, 5.74) is 1.61. The van der Waals surface area contributed by atoms with Crippen LogP contribution >= 0.6 is 23.2 Å². The molecule has 2 rings (SSSR count). The van der Waals surface area contributed by atoms with Crippen LogP contribution in [0.3, 0.4) is 0 Å². The summed E-state index contributed by atoms with van der Waals surface area (Å²) in [6, 6.07) is 8.53. The maximum atomic E-state index is 12.0. The standard InChI is InChI=1S/C13H11Cl2NO3S/c1-9-3-2-4-10(5-9)8-20(17,18)19-13-12(15)6-11(14)7-16-13/h2-7H,8H2,1H3. The predicted octanol–water partition coefficient (Wildman–Crippen LogP) is 3.61. The van der Waals surface area contributed by atoms with E-state index in [0.29, 0.717) is 10.6 Å². The summed E-state index contributed by atoms with van der Waals surface area (Å²) in [6.45, 7) is 1.88. The van der Waals surface area contributed by atoms with Crippen LogP contribution in [0.15, 0.2) is 36.5 Å². The minimum Gasteiger partial charge on any atom is -0.360 e. The Labute approximate surface area is 127 Å². The van der Waals surface area contributed by atoms with Crippen molar-refractivity contribution in [3.63, 3.8) is 0 Å². The minimum atomic E-state index is -3.83. The first kappa shape index (κ1) is 15.1. The molecular weight excluding hydrogens is 321 g/mol. The van der Waals surface area contributed by atoms with Crippen LogP contribution in [0.2, 0.25) is 10.0 Å². The zero-order chi connectivity index (χ0) is 14.8. The first-order chi connectivity index (χ1) is 9.35. The van der Waals surface area contributed by atoms with Gasteiger partial charge in [0.15, 0.2) is 0 Å². The molecule has 7 heteroatoms. The van der Waals surface area contributed by atoms with Crippen molar-refractivity contribution in [2.75, 3.05) is 0 Å². The molecule has 0 aliphatic heterocycles. The molecule has 0 saturated carbocycles. The van der Waals surface area contributed by atoms with Crippen LogP contribution in [-0.4, -0.2) is 13.4 Å². The molecule has 106 valence electrons. The molecule has 0 atom stereocenters. The van der Waals surface area contributed by atoms with Crippen LogP contribution in [0.1, 0.15) is 11.1 Å². The molecule has 0 unspecified atom stereocenters. The van der Waals surface area contributed by atoms with Gasteiger partial charge in [0.1, 0.15) is 10.8 Å². The molecule has 1 heterocycles. The summed E-state index contributed by atoms with van der Waals surface area (Å²) in [6.07, 6.45) is 1.27. The van der Waals surface area contributed by atoms with Crippen molar-refractivity contribution in [3.8, 4) is 5.88 Å². The smallest absolute Gasteiger partial charge is 0.314 e. The fourth-order valence-electron chi connectivity index (χ4n) is 1.62. The Kier molecular flexibility index (Phi) is 4.52. The van der Waals surface area contributed by atoms with Gasteiger partial charge in [0.05, 0.1) is 5.02 Å². The number of aromatic nitrogens is 1. The third-order valence-corrected chi connectivity index (χ3v) is 3.98. The van der Waals surface area contributed by atoms with E-state index in [4.69, 9.17) is 27.4 Å². The van der Waals surface area contributed by atoms with E-state index in [-0.39, 0.29) is 16.7 Å². The quantitative estimate of drug-likeness (QED) is 0.803. The summed E-state index contributed by atoms with van der Waals surface area (Å²) in [5, 5.41) is 0.351. The molecule has 0 aliphatic rings. The second kappa shape index (κ2) is 5.99. The van der Waals surface area contributed by atoms with Gasteiger partial charge >= 0.3 is 10.1 Å². The SMILES string of the molecule is Cc1cccc(CS(=O)(=O)Oc2ncc(Cl)cc2Cl)c1. The lowest BCUT2D eigenvalue weighted by molar-refractivity contribution is 0.475. The summed E-state index contributed by atoms with van der Waals surface area (Å²) in [7, 11) is -3.83. The summed E-state index contributed by atoms with van der Waals surface area (Å²) in [4.78, 5) is 3.76. The van der Waals surface area contributed by atoms with Crippen molar-refractivity contribution < 1.29 is 12.6 Å². The molecule has 0 amide bonds. The van der Waals surface area contributed by atoms with Gasteiger partial charge in [0, 0.05) is 6.20 Å². The summed E-state index contributed by atoms with van der Waals surface area (Å²) < 4.78 is 28.8. The van der Waals surface area contributed by atoms with E-state index in [1.807, 2.05) is 13.0 Å². The van der Waals surface area contributed by atoms with Gasteiger partial charge < -0.3 is 4.18 Å². The van der Waals surface area contributed by atoms with E-state index >= 15 is 0 Å². The monoisotopic (exact) mass is 331 g/mol. The van der Waals surface area contributed by atoms with Gasteiger partial charge in [-0.2, -0.15) is 8.42 Å². The fraction of sp³-hybridized carbons (Fsp3) is 0.154. The summed E-state index contributed by atoms with van der Waals surface area (Å²) >= 11 is 11.5. The van der Waals surface area contributed by atoms with E-state index in [0.717, 1.165) is 5.56 Å². The lowest BCUT2D eigenvalue weighted by Gasteiger charge is -2.08. The van der Waals surface area contributed by atoms with E-state index in [2.05, 4.69) is 4.98 Å². The van der Waals surface area contributed by atoms with Crippen molar-refractivity contribution in [2.24, 2.45) is 0 Å². The highest BCUT2D eigenvalue weighted by molar-refractivity contribution is 7.86. The number of pyridine rings is 1. The Balaban J connectivity index is 2.19. The van der Waals surface area contributed by atoms with Gasteiger partial charge in [-0.1, -0.05) is 53.0 Å². The number of benzene rings is 1. The molecule has 0 fully saturated rings. The molecule has 0 N–H and O–H groups in total. The van der Waals surface area contributed by atoms with E-state index in [1.165, 1.54) is 12.3 Å². The maximum Gasteiger partial charge on any atom is 0.314 e. The van der Waals surface area contributed by atoms with Gasteiger partial charge in [-0.05, 0) is 18.6 Å². The first-order valence-corrected chi connectivity index (χ1v) is 7.98. The normalized spacial score (nSPS) is 11.3. The third-order valence-electron chi connectivity index (χ3n) is 2.41. The second-order valence-electron chi connectivity index (χ2n) is 4.21. The molecule has 20 heavy (non-hydrogen) atoms. The molecule has 0 bridgehead atoms. The number of hydrogen-bond donors (Lipinski definition) is 0. The second-order valence-corrected chi connectivity index (χ2v) is 6.63. The molecule has 0 spiro atoms. The fourth-order valence-corrected chi connectivity index (χ4v) is 3.10. The van der Waals surface area contributed by atoms with Crippen molar-refractivity contribution in [1.29, 1.82) is 0 Å². The van der Waals surface area contributed by atoms with Crippen molar-refractivity contribution in [3.05, 3.63) is 57.7 Å². The number of hydrogen-bond acceptors (Lipinski definition) is 4. The lowest BCUT2D eigenvalue weighted by atomic mass is 10.2. The number of aryl methyl sites for hydroxylation is 1. The molecule has 2 aromatic rings. The van der Waals surface area contributed by atoms with Crippen LogP contribution in [-0.2, 0) is 15.9 Å². The van der Waals surface area contributed by atoms with E-state index in [1.54, 1.807) is 18.2 Å². The van der Waals surface area contributed by atoms with Crippen molar-refractivity contribution >= 4 is 33.3 Å². The average molecular weight is 332 g/mol. The maximum absolute atomic E-state index is 12.0. The molecule has 0 radical (unpaired) electrons. The van der Waals surface area contributed by atoms with Crippen LogP contribution < -0.4 is 4.18 Å². The van der Waals surface area contributed by atoms with Gasteiger partial charge in [-0.15, -0.1) is 0 Å². The zero-order valence-electron chi connectivity index (χ0n) is 10.5. The zero-order valence-corrected chi connectivity index (χ0v) is 12.8. The van der Waals surface area contributed by atoms with E-state index in [9.17, 15) is 8.42 Å². The molecule has 0 saturated heterocycles. The Bertz CT molecular complexity index is 732. The molecular formula is C13H11Cl2NO3S. The Hall–Kier alpha value is -1.30. The van der Waals surface area contributed by atoms with Crippen LogP contribution in [0.25, 0.3) is 0 Å². The molecule has 4 nitrogen and oxygen atoms in total. The highest BCUT2D eigenvalue weighted by atomic mass is 35.5. The van der Waals surface area contributed by atoms with Crippen molar-refractivity contribution in [2.45, 2.75) is 12.7 Å². The van der Waals surface area contributed by atoms with Gasteiger partial charge in [-0.3, -0.25) is 0 Å². The molecule has 1 aromatic heterocycles. The Morgan fingerprint density at radius 2 is 2.00 bits per heavy atom. The first-order valence-electron chi connectivity index (χ1n) is 5.64. The number of nitrogens with zero attached hydrogens (tertiary/aromatic N) is 1. The lowest BCUT2D eigenvalue weighted by Crippen LogP contribution is -2.13. The van der Waals surface area contributed by atoms with Gasteiger partial charge in [0.25, 0.3) is 5.88 Å². The number of halogens is 2. The largest absolute Gasteiger partial charge is 0.360 e. The Morgan fingerprint density at radius 3 is 2.65 bits per heavy atom. The highest BCUT2D eigenvalue weighted by Gasteiger charge is 2.17. The topological polar surface area (TPSA) is 56.3 Å². The van der Waals surface area contributed by atoms with Crippen LogP contribution in [0, 0.1) is 6.92 Å². The third kappa shape index (κ3) is 4.10. The minimum absolute atomic E-state index is 0.0466. The molecule has 0 aliphatic carbocycles. The molecule has 1 aromatic carbocycles. The highest BCUT2D eigenvalue weighted by Crippen LogP contribution is 2.26. The van der Waals surface area contributed by atoms with Crippen LogP contribution in [0.4, 0.5) is 0 Å². The van der Waals surface area contributed by atoms with Gasteiger partial charge in [-0.25, -0.2) is 4.98 Å². The number of rotatable bonds is 4. The predicted molar refractivity (Wildman–Crippen MR) is 78.7 cm³/mol. The van der Waals surface area contributed by atoms with E-state index < -0.39 is 10.1 Å². The average Bonchev–Trinajstić information content (AvgIpc) is 2.32. The summed E-state index contributed by atoms with van der Waals surface area (Å²) in [5.74, 6) is -0.432. The van der Waals surface area contributed by atoms with Gasteiger partial charge in [0.2, 0.25) is 0 Å². The van der Waals surface area contributed by atoms with Crippen molar-refractivity contribution in [1.82, 2.24) is 4.98 Å². The Morgan fingerprint density at radius 1 is 1.25 bits per heavy atom.